The third-order valence-electron chi connectivity index (χ3n) is 4.58. The van der Waals surface area contributed by atoms with Crippen molar-refractivity contribution in [3.8, 4) is 23.0 Å². The molecule has 0 bridgehead atoms. The molecule has 1 aliphatic rings. The van der Waals surface area contributed by atoms with Gasteiger partial charge in [-0.15, -0.1) is 5.10 Å². The maximum Gasteiger partial charge on any atom is 0.280 e. The van der Waals surface area contributed by atoms with Gasteiger partial charge in [-0.05, 0) is 29.8 Å². The van der Waals surface area contributed by atoms with Gasteiger partial charge >= 0.3 is 0 Å². The van der Waals surface area contributed by atoms with Crippen LogP contribution in [0.25, 0.3) is 23.0 Å². The topological polar surface area (TPSA) is 78.9 Å². The van der Waals surface area contributed by atoms with Crippen LogP contribution in [0.3, 0.4) is 0 Å². The van der Waals surface area contributed by atoms with Crippen LogP contribution < -0.4 is 0 Å². The summed E-state index contributed by atoms with van der Waals surface area (Å²) in [7, 11) is 0. The number of nitrogens with zero attached hydrogens (tertiary/aromatic N) is 5. The van der Waals surface area contributed by atoms with Crippen molar-refractivity contribution < 1.29 is 9.26 Å². The molecule has 1 atom stereocenters. The van der Waals surface area contributed by atoms with E-state index >= 15 is 0 Å². The molecule has 0 N–H and O–H groups in total. The van der Waals surface area contributed by atoms with Crippen molar-refractivity contribution in [2.75, 3.05) is 0 Å². The standard InChI is InChI=1S/C19H13Cl2N5O2/c20-12-7-5-11(6-8-12)16-9-26-15(10-27-16)17(23-25-26)19-22-18(24-28-19)13-3-1-2-4-14(13)21/h1-8,16H,9-10H2/t16-/m0/s1. The predicted molar refractivity (Wildman–Crippen MR) is 103 cm³/mol. The van der Waals surface area contributed by atoms with Crippen LogP contribution in [0.2, 0.25) is 10.0 Å². The maximum absolute atomic E-state index is 6.21. The van der Waals surface area contributed by atoms with E-state index in [0.717, 1.165) is 11.3 Å². The van der Waals surface area contributed by atoms with Gasteiger partial charge in [0.25, 0.3) is 5.89 Å². The molecule has 0 saturated heterocycles. The summed E-state index contributed by atoms with van der Waals surface area (Å²) in [5.74, 6) is 0.683. The first-order valence-electron chi connectivity index (χ1n) is 8.57. The van der Waals surface area contributed by atoms with Crippen molar-refractivity contribution >= 4 is 23.2 Å². The Morgan fingerprint density at radius 2 is 1.86 bits per heavy atom. The van der Waals surface area contributed by atoms with E-state index in [-0.39, 0.29) is 12.0 Å². The van der Waals surface area contributed by atoms with Gasteiger partial charge in [0.15, 0.2) is 5.69 Å². The number of hydrogen-bond donors (Lipinski definition) is 0. The lowest BCUT2D eigenvalue weighted by molar-refractivity contribution is -0.00117. The molecule has 0 saturated carbocycles. The minimum absolute atomic E-state index is 0.124. The van der Waals surface area contributed by atoms with Crippen LogP contribution in [0.1, 0.15) is 17.4 Å². The van der Waals surface area contributed by atoms with Gasteiger partial charge in [-0.3, -0.25) is 0 Å². The van der Waals surface area contributed by atoms with E-state index in [9.17, 15) is 0 Å². The molecule has 0 radical (unpaired) electrons. The summed E-state index contributed by atoms with van der Waals surface area (Å²) < 4.78 is 13.2. The average Bonchev–Trinajstić information content (AvgIpc) is 3.35. The average molecular weight is 414 g/mol. The summed E-state index contributed by atoms with van der Waals surface area (Å²) in [6.07, 6.45) is -0.124. The number of benzene rings is 2. The third kappa shape index (κ3) is 3.07. The van der Waals surface area contributed by atoms with Crippen molar-refractivity contribution in [1.29, 1.82) is 0 Å². The summed E-state index contributed by atoms with van der Waals surface area (Å²) in [6, 6.07) is 14.9. The van der Waals surface area contributed by atoms with Crippen LogP contribution in [-0.4, -0.2) is 25.1 Å². The van der Waals surface area contributed by atoms with Gasteiger partial charge in [0.2, 0.25) is 5.82 Å². The van der Waals surface area contributed by atoms with Gasteiger partial charge in [0, 0.05) is 10.6 Å². The Morgan fingerprint density at radius 1 is 1.04 bits per heavy atom. The first-order chi connectivity index (χ1) is 13.7. The van der Waals surface area contributed by atoms with Crippen molar-refractivity contribution in [1.82, 2.24) is 25.1 Å². The highest BCUT2D eigenvalue weighted by atomic mass is 35.5. The van der Waals surface area contributed by atoms with Crippen LogP contribution in [0.15, 0.2) is 53.1 Å². The quantitative estimate of drug-likeness (QED) is 0.489. The van der Waals surface area contributed by atoms with Crippen LogP contribution >= 0.6 is 23.2 Å². The highest BCUT2D eigenvalue weighted by Crippen LogP contribution is 2.32. The van der Waals surface area contributed by atoms with Gasteiger partial charge in [0.1, 0.15) is 6.10 Å². The second-order valence-corrected chi connectivity index (χ2v) is 7.16. The van der Waals surface area contributed by atoms with E-state index in [2.05, 4.69) is 20.5 Å². The molecule has 0 aliphatic carbocycles. The Kier molecular flexibility index (Phi) is 4.35. The molecule has 28 heavy (non-hydrogen) atoms. The van der Waals surface area contributed by atoms with E-state index in [1.807, 2.05) is 42.5 Å². The molecule has 2 aromatic carbocycles. The van der Waals surface area contributed by atoms with E-state index in [1.165, 1.54) is 0 Å². The fourth-order valence-corrected chi connectivity index (χ4v) is 3.47. The number of halogens is 2. The number of hydrogen-bond acceptors (Lipinski definition) is 6. The Hall–Kier alpha value is -2.74. The number of rotatable bonds is 3. The van der Waals surface area contributed by atoms with E-state index < -0.39 is 0 Å². The summed E-state index contributed by atoms with van der Waals surface area (Å²) in [6.45, 7) is 0.870. The molecule has 5 rings (SSSR count). The number of aromatic nitrogens is 5. The molecule has 0 amide bonds. The van der Waals surface area contributed by atoms with E-state index in [0.29, 0.717) is 40.3 Å². The lowest BCUT2D eigenvalue weighted by Gasteiger charge is -2.24. The molecule has 0 unspecified atom stereocenters. The zero-order valence-electron chi connectivity index (χ0n) is 14.4. The smallest absolute Gasteiger partial charge is 0.280 e. The molecule has 9 heteroatoms. The highest BCUT2D eigenvalue weighted by Gasteiger charge is 2.28. The highest BCUT2D eigenvalue weighted by molar-refractivity contribution is 6.33. The molecule has 3 heterocycles. The van der Waals surface area contributed by atoms with Crippen LogP contribution in [0.5, 0.6) is 0 Å². The fourth-order valence-electron chi connectivity index (χ4n) is 3.13. The predicted octanol–water partition coefficient (Wildman–Crippen LogP) is 4.57. The SMILES string of the molecule is Clc1ccc([C@@H]2Cn3nnc(-c4nc(-c5ccccc5Cl)no4)c3CO2)cc1. The number of ether oxygens (including phenoxy) is 1. The summed E-state index contributed by atoms with van der Waals surface area (Å²) in [4.78, 5) is 4.43. The van der Waals surface area contributed by atoms with Gasteiger partial charge in [-0.1, -0.05) is 57.8 Å². The van der Waals surface area contributed by atoms with Crippen molar-refractivity contribution in [2.24, 2.45) is 0 Å². The van der Waals surface area contributed by atoms with E-state index in [1.54, 1.807) is 10.7 Å². The molecule has 1 aliphatic heterocycles. The van der Waals surface area contributed by atoms with Gasteiger partial charge in [-0.2, -0.15) is 4.98 Å². The Labute approximate surface area is 169 Å². The summed E-state index contributed by atoms with van der Waals surface area (Å²) >= 11 is 12.2. The Balaban J connectivity index is 1.43. The molecule has 0 spiro atoms. The lowest BCUT2D eigenvalue weighted by Crippen LogP contribution is -2.22. The largest absolute Gasteiger partial charge is 0.365 e. The van der Waals surface area contributed by atoms with Gasteiger partial charge < -0.3 is 9.26 Å². The minimum Gasteiger partial charge on any atom is -0.365 e. The maximum atomic E-state index is 6.21. The second kappa shape index (κ2) is 7.01. The molecule has 4 aromatic rings. The van der Waals surface area contributed by atoms with E-state index in [4.69, 9.17) is 32.5 Å². The monoisotopic (exact) mass is 413 g/mol. The molecule has 140 valence electrons. The second-order valence-electron chi connectivity index (χ2n) is 6.32. The normalized spacial score (nSPS) is 16.1. The Morgan fingerprint density at radius 3 is 2.68 bits per heavy atom. The summed E-state index contributed by atoms with van der Waals surface area (Å²) in [5.41, 5.74) is 3.03. The van der Waals surface area contributed by atoms with Crippen molar-refractivity contribution in [2.45, 2.75) is 19.3 Å². The fraction of sp³-hybridized carbons (Fsp3) is 0.158. The first-order valence-corrected chi connectivity index (χ1v) is 9.33. The summed E-state index contributed by atoms with van der Waals surface area (Å²) in [5, 5.41) is 13.7. The number of fused-ring (bicyclic) bond motifs is 1. The van der Waals surface area contributed by atoms with Crippen LogP contribution in [0, 0.1) is 0 Å². The van der Waals surface area contributed by atoms with Gasteiger partial charge in [-0.25, -0.2) is 4.68 Å². The Bertz CT molecular complexity index is 1140. The minimum atomic E-state index is -0.124. The van der Waals surface area contributed by atoms with Crippen LogP contribution in [0.4, 0.5) is 0 Å². The molecule has 7 nitrogen and oxygen atoms in total. The lowest BCUT2D eigenvalue weighted by atomic mass is 10.1. The first kappa shape index (κ1) is 17.4. The van der Waals surface area contributed by atoms with Crippen molar-refractivity contribution in [3.05, 3.63) is 69.8 Å². The van der Waals surface area contributed by atoms with Crippen molar-refractivity contribution in [3.63, 3.8) is 0 Å². The molecule has 2 aromatic heterocycles. The van der Waals surface area contributed by atoms with Crippen LogP contribution in [-0.2, 0) is 17.9 Å². The van der Waals surface area contributed by atoms with Gasteiger partial charge in [0.05, 0.1) is 23.9 Å². The zero-order chi connectivity index (χ0) is 19.1. The zero-order valence-corrected chi connectivity index (χ0v) is 15.9. The third-order valence-corrected chi connectivity index (χ3v) is 5.16. The molecular weight excluding hydrogens is 401 g/mol. The molecular formula is C19H13Cl2N5O2. The molecule has 0 fully saturated rings.